The molecular formula is C22H27F2N5O3. The molecule has 1 aromatic carbocycles. The van der Waals surface area contributed by atoms with Crippen LogP contribution in [0.5, 0.6) is 5.75 Å². The van der Waals surface area contributed by atoms with Crippen LogP contribution in [-0.2, 0) is 13.0 Å². The fourth-order valence-corrected chi connectivity index (χ4v) is 4.01. The maximum Gasteiger partial charge on any atom is 0.407 e. The van der Waals surface area contributed by atoms with Crippen LogP contribution in [0.4, 0.5) is 25.2 Å². The quantitative estimate of drug-likeness (QED) is 0.723. The van der Waals surface area contributed by atoms with Gasteiger partial charge < -0.3 is 25.0 Å². The van der Waals surface area contributed by atoms with E-state index in [9.17, 15) is 18.7 Å². The first-order valence-electron chi connectivity index (χ1n) is 10.8. The van der Waals surface area contributed by atoms with E-state index in [0.717, 1.165) is 11.8 Å². The number of rotatable bonds is 5. The van der Waals surface area contributed by atoms with Gasteiger partial charge in [-0.05, 0) is 26.0 Å². The minimum absolute atomic E-state index is 0.0503. The highest BCUT2D eigenvalue weighted by Crippen LogP contribution is 2.30. The number of piperidine rings is 1. The third-order valence-corrected chi connectivity index (χ3v) is 5.62. The van der Waals surface area contributed by atoms with E-state index in [1.807, 2.05) is 13.8 Å². The summed E-state index contributed by atoms with van der Waals surface area (Å²) < 4.78 is 32.8. The molecule has 0 unspecified atom stereocenters. The van der Waals surface area contributed by atoms with E-state index in [2.05, 4.69) is 10.2 Å². The second-order valence-electron chi connectivity index (χ2n) is 8.42. The first kappa shape index (κ1) is 22.0. The molecule has 2 aliphatic rings. The molecule has 8 nitrogen and oxygen atoms in total. The fraction of sp³-hybridized carbons (Fsp3) is 0.500. The SMILES string of the molecule is CC(C)Nc1nc2c(nc1N1CCC(Oc3ccc(F)cc3F)CC1)CN(C(=O)O)CC2. The first-order valence-corrected chi connectivity index (χ1v) is 10.8. The Morgan fingerprint density at radius 2 is 1.94 bits per heavy atom. The van der Waals surface area contributed by atoms with Crippen molar-refractivity contribution in [2.75, 3.05) is 29.9 Å². The van der Waals surface area contributed by atoms with Gasteiger partial charge in [-0.2, -0.15) is 0 Å². The maximum absolute atomic E-state index is 13.9. The Hall–Kier alpha value is -3.17. The lowest BCUT2D eigenvalue weighted by molar-refractivity contribution is 0.138. The van der Waals surface area contributed by atoms with Gasteiger partial charge in [-0.3, -0.25) is 0 Å². The van der Waals surface area contributed by atoms with Crippen molar-refractivity contribution in [1.29, 1.82) is 0 Å². The first-order chi connectivity index (χ1) is 15.3. The summed E-state index contributed by atoms with van der Waals surface area (Å²) in [5, 5.41) is 12.7. The zero-order chi connectivity index (χ0) is 22.8. The van der Waals surface area contributed by atoms with Gasteiger partial charge in [-0.25, -0.2) is 23.5 Å². The van der Waals surface area contributed by atoms with Crippen LogP contribution >= 0.6 is 0 Å². The van der Waals surface area contributed by atoms with Crippen LogP contribution in [-0.4, -0.2) is 57.8 Å². The largest absolute Gasteiger partial charge is 0.487 e. The zero-order valence-corrected chi connectivity index (χ0v) is 18.1. The van der Waals surface area contributed by atoms with Crippen LogP contribution in [0.2, 0.25) is 0 Å². The number of hydrogen-bond donors (Lipinski definition) is 2. The molecule has 0 aliphatic carbocycles. The Labute approximate surface area is 185 Å². The van der Waals surface area contributed by atoms with E-state index in [1.165, 1.54) is 17.0 Å². The smallest absolute Gasteiger partial charge is 0.407 e. The minimum atomic E-state index is -0.964. The highest BCUT2D eigenvalue weighted by Gasteiger charge is 2.29. The second kappa shape index (κ2) is 9.13. The molecule has 1 amide bonds. The normalized spacial score (nSPS) is 16.8. The molecule has 4 rings (SSSR count). The topological polar surface area (TPSA) is 90.8 Å². The average molecular weight is 447 g/mol. The van der Waals surface area contributed by atoms with Gasteiger partial charge in [0.15, 0.2) is 23.2 Å². The molecule has 2 aromatic rings. The van der Waals surface area contributed by atoms with Crippen LogP contribution < -0.4 is 15.0 Å². The van der Waals surface area contributed by atoms with E-state index in [1.54, 1.807) is 0 Å². The van der Waals surface area contributed by atoms with Gasteiger partial charge in [0.1, 0.15) is 11.9 Å². The van der Waals surface area contributed by atoms with Crippen LogP contribution in [0.3, 0.4) is 0 Å². The molecule has 10 heteroatoms. The Morgan fingerprint density at radius 3 is 2.59 bits per heavy atom. The predicted molar refractivity (Wildman–Crippen MR) is 115 cm³/mol. The van der Waals surface area contributed by atoms with Crippen molar-refractivity contribution in [1.82, 2.24) is 14.9 Å². The molecule has 1 fully saturated rings. The summed E-state index contributed by atoms with van der Waals surface area (Å²) in [4.78, 5) is 24.4. The Kier molecular flexibility index (Phi) is 6.29. The average Bonchev–Trinajstić information content (AvgIpc) is 2.75. The molecule has 1 saturated heterocycles. The molecule has 0 atom stereocenters. The van der Waals surface area contributed by atoms with E-state index in [-0.39, 0.29) is 24.4 Å². The van der Waals surface area contributed by atoms with Crippen molar-refractivity contribution in [3.63, 3.8) is 0 Å². The number of aromatic nitrogens is 2. The predicted octanol–water partition coefficient (Wildman–Crippen LogP) is 3.66. The van der Waals surface area contributed by atoms with Crippen molar-refractivity contribution in [3.05, 3.63) is 41.2 Å². The van der Waals surface area contributed by atoms with Crippen molar-refractivity contribution in [3.8, 4) is 5.75 Å². The molecule has 0 spiro atoms. The number of carboxylic acid groups (broad SMARTS) is 1. The van der Waals surface area contributed by atoms with E-state index >= 15 is 0 Å². The maximum atomic E-state index is 13.9. The number of nitrogens with zero attached hydrogens (tertiary/aromatic N) is 4. The van der Waals surface area contributed by atoms with E-state index < -0.39 is 17.7 Å². The number of hydrogen-bond acceptors (Lipinski definition) is 6. The molecule has 3 heterocycles. The molecule has 0 saturated carbocycles. The molecule has 1 aromatic heterocycles. The second-order valence-corrected chi connectivity index (χ2v) is 8.42. The van der Waals surface area contributed by atoms with Gasteiger partial charge in [0.2, 0.25) is 0 Å². The Bertz CT molecular complexity index is 996. The third-order valence-electron chi connectivity index (χ3n) is 5.62. The summed E-state index contributed by atoms with van der Waals surface area (Å²) in [7, 11) is 0. The van der Waals surface area contributed by atoms with Crippen LogP contribution in [0.1, 0.15) is 38.1 Å². The van der Waals surface area contributed by atoms with Gasteiger partial charge in [-0.15, -0.1) is 0 Å². The van der Waals surface area contributed by atoms with E-state index in [0.29, 0.717) is 56.2 Å². The van der Waals surface area contributed by atoms with Gasteiger partial charge in [0, 0.05) is 51.0 Å². The highest BCUT2D eigenvalue weighted by atomic mass is 19.1. The van der Waals surface area contributed by atoms with Crippen molar-refractivity contribution in [2.24, 2.45) is 0 Å². The summed E-state index contributed by atoms with van der Waals surface area (Å²) in [5.74, 6) is 0.0820. The summed E-state index contributed by atoms with van der Waals surface area (Å²) in [6.45, 7) is 5.91. The monoisotopic (exact) mass is 447 g/mol. The number of anilines is 2. The van der Waals surface area contributed by atoms with Gasteiger partial charge >= 0.3 is 6.09 Å². The van der Waals surface area contributed by atoms with Gasteiger partial charge in [0.05, 0.1) is 17.9 Å². The van der Waals surface area contributed by atoms with Gasteiger partial charge in [0.25, 0.3) is 0 Å². The number of carbonyl (C=O) groups is 1. The molecule has 172 valence electrons. The molecular weight excluding hydrogens is 420 g/mol. The number of fused-ring (bicyclic) bond motifs is 1. The summed E-state index contributed by atoms with van der Waals surface area (Å²) in [6.07, 6.45) is 0.645. The fourth-order valence-electron chi connectivity index (χ4n) is 4.01. The molecule has 32 heavy (non-hydrogen) atoms. The van der Waals surface area contributed by atoms with Crippen LogP contribution in [0, 0.1) is 11.6 Å². The number of halogens is 2. The highest BCUT2D eigenvalue weighted by molar-refractivity contribution is 5.66. The molecule has 2 N–H and O–H groups in total. The summed E-state index contributed by atoms with van der Waals surface area (Å²) in [5.41, 5.74) is 1.49. The molecule has 0 bridgehead atoms. The van der Waals surface area contributed by atoms with Crippen molar-refractivity contribution >= 4 is 17.7 Å². The summed E-state index contributed by atoms with van der Waals surface area (Å²) >= 11 is 0. The lowest BCUT2D eigenvalue weighted by Gasteiger charge is -2.35. The van der Waals surface area contributed by atoms with Crippen LogP contribution in [0.25, 0.3) is 0 Å². The number of nitrogens with one attached hydrogen (secondary N) is 1. The lowest BCUT2D eigenvalue weighted by Crippen LogP contribution is -2.40. The minimum Gasteiger partial charge on any atom is -0.487 e. The molecule has 2 aliphatic heterocycles. The Morgan fingerprint density at radius 1 is 1.19 bits per heavy atom. The lowest BCUT2D eigenvalue weighted by atomic mass is 10.1. The standard InChI is InChI=1S/C22H27F2N5O3/c1-13(2)25-20-21(27-18-12-29(22(30)31)10-7-17(18)26-20)28-8-5-15(6-9-28)32-19-4-3-14(23)11-16(19)24/h3-4,11,13,15H,5-10,12H2,1-2H3,(H,25,26)(H,30,31). The van der Waals surface area contributed by atoms with Crippen molar-refractivity contribution < 1.29 is 23.4 Å². The van der Waals surface area contributed by atoms with Crippen LogP contribution in [0.15, 0.2) is 18.2 Å². The molecule has 0 radical (unpaired) electrons. The Balaban J connectivity index is 1.50. The van der Waals surface area contributed by atoms with Gasteiger partial charge in [-0.1, -0.05) is 0 Å². The number of amides is 1. The van der Waals surface area contributed by atoms with E-state index in [4.69, 9.17) is 14.7 Å². The zero-order valence-electron chi connectivity index (χ0n) is 18.1. The van der Waals surface area contributed by atoms with Crippen molar-refractivity contribution in [2.45, 2.75) is 51.8 Å². The number of ether oxygens (including phenoxy) is 1. The third kappa shape index (κ3) is 4.84. The number of benzene rings is 1. The summed E-state index contributed by atoms with van der Waals surface area (Å²) in [6, 6.07) is 3.46.